The highest BCUT2D eigenvalue weighted by atomic mass is 16.5. The van der Waals surface area contributed by atoms with Crippen molar-refractivity contribution in [3.05, 3.63) is 52.8 Å². The van der Waals surface area contributed by atoms with Crippen LogP contribution in [0.4, 0.5) is 0 Å². The van der Waals surface area contributed by atoms with Crippen LogP contribution >= 0.6 is 0 Å². The van der Waals surface area contributed by atoms with Crippen LogP contribution in [-0.4, -0.2) is 63.6 Å². The summed E-state index contributed by atoms with van der Waals surface area (Å²) in [6.45, 7) is 4.08. The Kier molecular flexibility index (Phi) is 5.09. The Labute approximate surface area is 175 Å². The Balaban J connectivity index is 1.65. The van der Waals surface area contributed by atoms with E-state index in [-0.39, 0.29) is 36.4 Å². The standard InChI is InChI=1S/C22H26N4O4/c1-13-14(2)23-24(3)19(13)21(28)25-11-16-10-17(22(29)30-4)20(26(16)18(27)12-25)15-8-6-5-7-9-15/h5-9,16-17,20H,10-12H2,1-4H3/t16-,17-,20-/m0/s1. The van der Waals surface area contributed by atoms with Crippen molar-refractivity contribution < 1.29 is 19.1 Å². The lowest BCUT2D eigenvalue weighted by molar-refractivity contribution is -0.147. The van der Waals surface area contributed by atoms with Gasteiger partial charge in [0.25, 0.3) is 5.91 Å². The largest absolute Gasteiger partial charge is 0.469 e. The van der Waals surface area contributed by atoms with Crippen molar-refractivity contribution in [2.45, 2.75) is 32.4 Å². The first-order chi connectivity index (χ1) is 14.3. The van der Waals surface area contributed by atoms with Crippen LogP contribution in [0.1, 0.15) is 39.8 Å². The monoisotopic (exact) mass is 410 g/mol. The van der Waals surface area contributed by atoms with Gasteiger partial charge in [-0.3, -0.25) is 19.1 Å². The van der Waals surface area contributed by atoms with Crippen molar-refractivity contribution in [2.24, 2.45) is 13.0 Å². The molecule has 8 nitrogen and oxygen atoms in total. The summed E-state index contributed by atoms with van der Waals surface area (Å²) in [5, 5.41) is 4.32. The van der Waals surface area contributed by atoms with Gasteiger partial charge in [0.2, 0.25) is 5.91 Å². The summed E-state index contributed by atoms with van der Waals surface area (Å²) >= 11 is 0. The molecule has 1 aromatic heterocycles. The fourth-order valence-electron chi connectivity index (χ4n) is 4.83. The van der Waals surface area contributed by atoms with Gasteiger partial charge >= 0.3 is 5.97 Å². The number of ether oxygens (including phenoxy) is 1. The first kappa shape index (κ1) is 20.1. The number of benzene rings is 1. The maximum absolute atomic E-state index is 13.2. The number of piperazine rings is 1. The van der Waals surface area contributed by atoms with E-state index in [0.29, 0.717) is 18.7 Å². The Morgan fingerprint density at radius 2 is 1.87 bits per heavy atom. The lowest BCUT2D eigenvalue weighted by Gasteiger charge is -2.40. The second-order valence-corrected chi connectivity index (χ2v) is 8.04. The highest BCUT2D eigenvalue weighted by Gasteiger charge is 2.51. The van der Waals surface area contributed by atoms with Crippen molar-refractivity contribution in [3.8, 4) is 0 Å². The number of carbonyl (C=O) groups is 3. The molecular weight excluding hydrogens is 384 g/mol. The summed E-state index contributed by atoms with van der Waals surface area (Å²) in [6.07, 6.45) is 0.463. The molecule has 0 spiro atoms. The van der Waals surface area contributed by atoms with Crippen molar-refractivity contribution >= 4 is 17.8 Å². The van der Waals surface area contributed by atoms with E-state index in [4.69, 9.17) is 4.74 Å². The number of hydrogen-bond acceptors (Lipinski definition) is 5. The van der Waals surface area contributed by atoms with Gasteiger partial charge in [-0.15, -0.1) is 0 Å². The lowest BCUT2D eigenvalue weighted by atomic mass is 9.93. The minimum absolute atomic E-state index is 0.0176. The minimum atomic E-state index is -0.456. The molecule has 3 atom stereocenters. The number of esters is 1. The van der Waals surface area contributed by atoms with E-state index in [9.17, 15) is 14.4 Å². The second-order valence-electron chi connectivity index (χ2n) is 8.04. The van der Waals surface area contributed by atoms with Gasteiger partial charge in [0.05, 0.1) is 30.8 Å². The number of aryl methyl sites for hydroxylation is 2. The number of rotatable bonds is 3. The molecule has 0 saturated carbocycles. The van der Waals surface area contributed by atoms with Crippen LogP contribution in [0.2, 0.25) is 0 Å². The minimum Gasteiger partial charge on any atom is -0.469 e. The molecule has 0 unspecified atom stereocenters. The molecule has 30 heavy (non-hydrogen) atoms. The Morgan fingerprint density at radius 1 is 1.17 bits per heavy atom. The fourth-order valence-corrected chi connectivity index (χ4v) is 4.83. The molecule has 0 bridgehead atoms. The molecule has 4 rings (SSSR count). The molecular formula is C22H26N4O4. The quantitative estimate of drug-likeness (QED) is 0.718. The van der Waals surface area contributed by atoms with Crippen molar-refractivity contribution in [1.82, 2.24) is 19.6 Å². The van der Waals surface area contributed by atoms with E-state index in [1.165, 1.54) is 7.11 Å². The molecule has 2 amide bonds. The van der Waals surface area contributed by atoms with Crippen LogP contribution in [0.15, 0.2) is 30.3 Å². The average Bonchev–Trinajstić information content (AvgIpc) is 3.25. The number of hydrogen-bond donors (Lipinski definition) is 0. The third-order valence-electron chi connectivity index (χ3n) is 6.30. The maximum Gasteiger partial charge on any atom is 0.311 e. The van der Waals surface area contributed by atoms with Crippen molar-refractivity contribution in [2.75, 3.05) is 20.2 Å². The summed E-state index contributed by atoms with van der Waals surface area (Å²) in [6, 6.07) is 8.93. The first-order valence-electron chi connectivity index (χ1n) is 10.1. The van der Waals surface area contributed by atoms with E-state index < -0.39 is 5.92 Å². The molecule has 0 N–H and O–H groups in total. The summed E-state index contributed by atoms with van der Waals surface area (Å²) in [5.74, 6) is -1.15. The van der Waals surface area contributed by atoms with Gasteiger partial charge in [-0.25, -0.2) is 0 Å². The van der Waals surface area contributed by atoms with E-state index in [1.54, 1.807) is 21.5 Å². The third-order valence-corrected chi connectivity index (χ3v) is 6.30. The Bertz CT molecular complexity index is 1000. The van der Waals surface area contributed by atoms with E-state index in [1.807, 2.05) is 44.2 Å². The van der Waals surface area contributed by atoms with Gasteiger partial charge in [0.15, 0.2) is 0 Å². The predicted molar refractivity (Wildman–Crippen MR) is 109 cm³/mol. The second kappa shape index (κ2) is 7.59. The van der Waals surface area contributed by atoms with Gasteiger partial charge in [-0.05, 0) is 25.8 Å². The zero-order valence-corrected chi connectivity index (χ0v) is 17.7. The van der Waals surface area contributed by atoms with Crippen molar-refractivity contribution in [1.29, 1.82) is 0 Å². The molecule has 2 saturated heterocycles. The van der Waals surface area contributed by atoms with E-state index in [0.717, 1.165) is 16.8 Å². The van der Waals surface area contributed by atoms with E-state index >= 15 is 0 Å². The molecule has 0 radical (unpaired) electrons. The van der Waals surface area contributed by atoms with Gasteiger partial charge < -0.3 is 14.5 Å². The van der Waals surface area contributed by atoms with Crippen molar-refractivity contribution in [3.63, 3.8) is 0 Å². The topological polar surface area (TPSA) is 84.7 Å². The number of aromatic nitrogens is 2. The zero-order chi connectivity index (χ0) is 21.6. The van der Waals surface area contributed by atoms with Gasteiger partial charge in [0.1, 0.15) is 12.2 Å². The van der Waals surface area contributed by atoms with Crippen LogP contribution in [-0.2, 0) is 21.4 Å². The van der Waals surface area contributed by atoms with Crippen LogP contribution in [0.25, 0.3) is 0 Å². The first-order valence-corrected chi connectivity index (χ1v) is 10.1. The Hall–Kier alpha value is -3.16. The van der Waals surface area contributed by atoms with Crippen LogP contribution in [0.5, 0.6) is 0 Å². The summed E-state index contributed by atoms with van der Waals surface area (Å²) in [4.78, 5) is 42.3. The molecule has 8 heteroatoms. The maximum atomic E-state index is 13.2. The molecule has 2 aliphatic rings. The molecule has 0 aliphatic carbocycles. The molecule has 2 aromatic rings. The van der Waals surface area contributed by atoms with Crippen LogP contribution in [0.3, 0.4) is 0 Å². The van der Waals surface area contributed by atoms with Gasteiger partial charge in [-0.2, -0.15) is 5.10 Å². The summed E-state index contributed by atoms with van der Waals surface area (Å²) in [5.41, 5.74) is 3.01. The highest BCUT2D eigenvalue weighted by Crippen LogP contribution is 2.43. The Morgan fingerprint density at radius 3 is 2.47 bits per heavy atom. The SMILES string of the molecule is COC(=O)[C@H]1C[C@H]2CN(C(=O)c3c(C)c(C)nn3C)CC(=O)N2[C@H]1c1ccccc1. The predicted octanol–water partition coefficient (Wildman–Crippen LogP) is 1.62. The van der Waals surface area contributed by atoms with Gasteiger partial charge in [0, 0.05) is 19.2 Å². The molecule has 1 aromatic carbocycles. The third kappa shape index (κ3) is 3.16. The van der Waals surface area contributed by atoms with E-state index in [2.05, 4.69) is 5.10 Å². The highest BCUT2D eigenvalue weighted by molar-refractivity contribution is 5.97. The molecule has 2 aliphatic heterocycles. The number of nitrogens with zero attached hydrogens (tertiary/aromatic N) is 4. The lowest BCUT2D eigenvalue weighted by Crippen LogP contribution is -2.56. The zero-order valence-electron chi connectivity index (χ0n) is 17.7. The summed E-state index contributed by atoms with van der Waals surface area (Å²) < 4.78 is 6.61. The van der Waals surface area contributed by atoms with Gasteiger partial charge in [-0.1, -0.05) is 30.3 Å². The smallest absolute Gasteiger partial charge is 0.311 e. The number of carbonyl (C=O) groups excluding carboxylic acids is 3. The number of fused-ring (bicyclic) bond motifs is 1. The average molecular weight is 410 g/mol. The normalized spacial score (nSPS) is 23.5. The number of methoxy groups -OCH3 is 1. The van der Waals surface area contributed by atoms with Crippen LogP contribution in [0, 0.1) is 19.8 Å². The number of amides is 2. The molecule has 2 fully saturated rings. The summed E-state index contributed by atoms with van der Waals surface area (Å²) in [7, 11) is 3.10. The fraction of sp³-hybridized carbons (Fsp3) is 0.455. The molecule has 3 heterocycles. The van der Waals surface area contributed by atoms with Crippen LogP contribution < -0.4 is 0 Å². The molecule has 158 valence electrons.